The van der Waals surface area contributed by atoms with Crippen molar-refractivity contribution in [3.8, 4) is 23.3 Å². The third-order valence-electron chi connectivity index (χ3n) is 6.91. The molecule has 3 aromatic rings. The van der Waals surface area contributed by atoms with E-state index in [0.29, 0.717) is 64.8 Å². The molecule has 1 amide bonds. The maximum absolute atomic E-state index is 13.1. The van der Waals surface area contributed by atoms with Gasteiger partial charge in [0, 0.05) is 36.8 Å². The van der Waals surface area contributed by atoms with Crippen LogP contribution < -0.4 is 15.2 Å². The molecular formula is C27H31N7O3. The molecular weight excluding hydrogens is 470 g/mol. The number of amides is 1. The number of aromatic nitrogens is 4. The number of methoxy groups -OCH3 is 2. The van der Waals surface area contributed by atoms with Gasteiger partial charge in [-0.25, -0.2) is 14.6 Å². The van der Waals surface area contributed by atoms with E-state index in [1.165, 1.54) is 19.2 Å². The lowest BCUT2D eigenvalue weighted by Crippen LogP contribution is -2.34. The Morgan fingerprint density at radius 2 is 1.84 bits per heavy atom. The number of likely N-dealkylation sites (tertiary alicyclic amines) is 2. The van der Waals surface area contributed by atoms with Crippen LogP contribution in [0.3, 0.4) is 0 Å². The quantitative estimate of drug-likeness (QED) is 0.404. The van der Waals surface area contributed by atoms with Gasteiger partial charge < -0.3 is 20.1 Å². The molecule has 4 heterocycles. The number of rotatable bonds is 6. The SMILES string of the molecule is C=C(CN1CCCC1)C(=O)N1CCC(n2nc(C#Cc3cc(OC)cc(OC)c3)c3c(N)ncnc32)C1. The first-order valence-corrected chi connectivity index (χ1v) is 12.4. The summed E-state index contributed by atoms with van der Waals surface area (Å²) in [6.45, 7) is 7.92. The van der Waals surface area contributed by atoms with E-state index in [2.05, 4.69) is 33.3 Å². The lowest BCUT2D eigenvalue weighted by molar-refractivity contribution is -0.126. The summed E-state index contributed by atoms with van der Waals surface area (Å²) in [5, 5.41) is 5.39. The average molecular weight is 502 g/mol. The largest absolute Gasteiger partial charge is 0.497 e. The second kappa shape index (κ2) is 10.5. The predicted molar refractivity (Wildman–Crippen MR) is 140 cm³/mol. The highest BCUT2D eigenvalue weighted by atomic mass is 16.5. The van der Waals surface area contributed by atoms with Crippen molar-refractivity contribution in [1.82, 2.24) is 29.5 Å². The minimum absolute atomic E-state index is 0.00647. The fraction of sp³-hybridized carbons (Fsp3) is 0.407. The maximum Gasteiger partial charge on any atom is 0.250 e. The molecule has 0 aliphatic carbocycles. The molecule has 2 saturated heterocycles. The molecule has 10 heteroatoms. The van der Waals surface area contributed by atoms with Gasteiger partial charge in [0.2, 0.25) is 0 Å². The van der Waals surface area contributed by atoms with E-state index >= 15 is 0 Å². The Morgan fingerprint density at radius 3 is 2.54 bits per heavy atom. The number of carbonyl (C=O) groups excluding carboxylic acids is 1. The zero-order valence-corrected chi connectivity index (χ0v) is 21.2. The van der Waals surface area contributed by atoms with Gasteiger partial charge in [-0.3, -0.25) is 9.69 Å². The summed E-state index contributed by atoms with van der Waals surface area (Å²) >= 11 is 0. The Bertz CT molecular complexity index is 1380. The van der Waals surface area contributed by atoms with E-state index in [-0.39, 0.29) is 11.9 Å². The smallest absolute Gasteiger partial charge is 0.250 e. The van der Waals surface area contributed by atoms with E-state index in [1.54, 1.807) is 20.3 Å². The molecule has 2 aliphatic heterocycles. The number of nitrogen functional groups attached to an aromatic ring is 1. The molecule has 1 aromatic carbocycles. The van der Waals surface area contributed by atoms with Gasteiger partial charge in [-0.2, -0.15) is 5.10 Å². The summed E-state index contributed by atoms with van der Waals surface area (Å²) in [4.78, 5) is 25.8. The van der Waals surface area contributed by atoms with Crippen LogP contribution in [0.4, 0.5) is 5.82 Å². The highest BCUT2D eigenvalue weighted by molar-refractivity contribution is 5.93. The molecule has 2 fully saturated rings. The number of fused-ring (bicyclic) bond motifs is 1. The third-order valence-corrected chi connectivity index (χ3v) is 6.91. The molecule has 0 spiro atoms. The molecule has 0 radical (unpaired) electrons. The van der Waals surface area contributed by atoms with Crippen LogP contribution in [-0.2, 0) is 4.79 Å². The van der Waals surface area contributed by atoms with E-state index in [0.717, 1.165) is 19.5 Å². The Balaban J connectivity index is 1.40. The number of nitrogens with zero attached hydrogens (tertiary/aromatic N) is 6. The van der Waals surface area contributed by atoms with Crippen LogP contribution in [0.15, 0.2) is 36.7 Å². The second-order valence-electron chi connectivity index (χ2n) is 9.38. The number of hydrogen-bond donors (Lipinski definition) is 1. The summed E-state index contributed by atoms with van der Waals surface area (Å²) in [6, 6.07) is 5.38. The topological polar surface area (TPSA) is 112 Å². The molecule has 2 N–H and O–H groups in total. The first kappa shape index (κ1) is 24.6. The van der Waals surface area contributed by atoms with Gasteiger partial charge in [0.25, 0.3) is 5.91 Å². The molecule has 0 bridgehead atoms. The summed E-state index contributed by atoms with van der Waals surface area (Å²) < 4.78 is 12.5. The molecule has 1 atom stereocenters. The van der Waals surface area contributed by atoms with Gasteiger partial charge in [-0.1, -0.05) is 12.5 Å². The molecule has 1 unspecified atom stereocenters. The Kier molecular flexibility index (Phi) is 6.97. The number of nitrogens with two attached hydrogens (primary N) is 1. The molecule has 10 nitrogen and oxygen atoms in total. The van der Waals surface area contributed by atoms with Crippen LogP contribution in [0.5, 0.6) is 11.5 Å². The summed E-state index contributed by atoms with van der Waals surface area (Å²) in [5.74, 6) is 7.87. The van der Waals surface area contributed by atoms with Crippen molar-refractivity contribution in [3.63, 3.8) is 0 Å². The van der Waals surface area contributed by atoms with Crippen LogP contribution in [-0.4, -0.2) is 82.4 Å². The Hall–Kier alpha value is -4.10. The van der Waals surface area contributed by atoms with Crippen molar-refractivity contribution in [1.29, 1.82) is 0 Å². The summed E-state index contributed by atoms with van der Waals surface area (Å²) in [7, 11) is 3.19. The van der Waals surface area contributed by atoms with Crippen molar-refractivity contribution in [2.75, 3.05) is 52.7 Å². The second-order valence-corrected chi connectivity index (χ2v) is 9.38. The number of hydrogen-bond acceptors (Lipinski definition) is 8. The van der Waals surface area contributed by atoms with Crippen molar-refractivity contribution < 1.29 is 14.3 Å². The van der Waals surface area contributed by atoms with Gasteiger partial charge in [0.15, 0.2) is 5.65 Å². The molecule has 2 aromatic heterocycles. The molecule has 0 saturated carbocycles. The number of benzene rings is 1. The minimum atomic E-state index is -0.0483. The fourth-order valence-electron chi connectivity index (χ4n) is 4.98. The monoisotopic (exact) mass is 501 g/mol. The highest BCUT2D eigenvalue weighted by Gasteiger charge is 2.31. The zero-order chi connectivity index (χ0) is 25.9. The number of anilines is 1. The number of carbonyl (C=O) groups is 1. The van der Waals surface area contributed by atoms with Crippen LogP contribution in [0.25, 0.3) is 11.0 Å². The third kappa shape index (κ3) is 5.08. The zero-order valence-electron chi connectivity index (χ0n) is 21.2. The standard InChI is InChI=1S/C27H31N7O3/c1-18(15-32-9-4-5-10-32)27(35)33-11-8-20(16-33)34-26-24(25(28)29-17-30-26)23(31-34)7-6-19-12-21(36-2)14-22(13-19)37-3/h12-14,17,20H,1,4-5,8-11,15-16H2,2-3H3,(H2,28,29,30). The van der Waals surface area contributed by atoms with Crippen LogP contribution in [0.1, 0.15) is 36.6 Å². The first-order chi connectivity index (χ1) is 18.0. The van der Waals surface area contributed by atoms with Crippen LogP contribution in [0.2, 0.25) is 0 Å². The van der Waals surface area contributed by atoms with Crippen molar-refractivity contribution >= 4 is 22.8 Å². The van der Waals surface area contributed by atoms with Crippen LogP contribution in [0, 0.1) is 11.8 Å². The van der Waals surface area contributed by atoms with E-state index in [1.807, 2.05) is 21.7 Å². The number of ether oxygens (including phenoxy) is 2. The predicted octanol–water partition coefficient (Wildman–Crippen LogP) is 2.25. The van der Waals surface area contributed by atoms with Crippen molar-refractivity contribution in [3.05, 3.63) is 47.9 Å². The Morgan fingerprint density at radius 1 is 1.11 bits per heavy atom. The molecule has 192 valence electrons. The molecule has 5 rings (SSSR count). The van der Waals surface area contributed by atoms with E-state index in [4.69, 9.17) is 20.3 Å². The van der Waals surface area contributed by atoms with Crippen molar-refractivity contribution in [2.24, 2.45) is 0 Å². The van der Waals surface area contributed by atoms with Crippen LogP contribution >= 0.6 is 0 Å². The summed E-state index contributed by atoms with van der Waals surface area (Å²) in [5.41, 5.74) is 8.67. The van der Waals surface area contributed by atoms with E-state index in [9.17, 15) is 4.79 Å². The maximum atomic E-state index is 13.1. The van der Waals surface area contributed by atoms with Gasteiger partial charge in [0.05, 0.1) is 25.6 Å². The fourth-order valence-corrected chi connectivity index (χ4v) is 4.98. The first-order valence-electron chi connectivity index (χ1n) is 12.4. The average Bonchev–Trinajstić information content (AvgIpc) is 3.67. The van der Waals surface area contributed by atoms with Gasteiger partial charge in [-0.05, 0) is 50.4 Å². The lowest BCUT2D eigenvalue weighted by atomic mass is 10.2. The minimum Gasteiger partial charge on any atom is -0.497 e. The van der Waals surface area contributed by atoms with Gasteiger partial charge in [-0.15, -0.1) is 0 Å². The molecule has 2 aliphatic rings. The van der Waals surface area contributed by atoms with Gasteiger partial charge in [0.1, 0.15) is 29.3 Å². The Labute approximate surface area is 216 Å². The van der Waals surface area contributed by atoms with Crippen molar-refractivity contribution in [2.45, 2.75) is 25.3 Å². The van der Waals surface area contributed by atoms with Gasteiger partial charge >= 0.3 is 0 Å². The lowest BCUT2D eigenvalue weighted by Gasteiger charge is -2.21. The summed E-state index contributed by atoms with van der Waals surface area (Å²) in [6.07, 6.45) is 4.54. The highest BCUT2D eigenvalue weighted by Crippen LogP contribution is 2.29. The normalized spacial score (nSPS) is 17.6. The molecule has 37 heavy (non-hydrogen) atoms. The van der Waals surface area contributed by atoms with E-state index < -0.39 is 0 Å².